The van der Waals surface area contributed by atoms with E-state index in [-0.39, 0.29) is 0 Å². The van der Waals surface area contributed by atoms with Crippen molar-refractivity contribution in [2.24, 2.45) is 0 Å². The molecule has 0 saturated carbocycles. The van der Waals surface area contributed by atoms with Gasteiger partial charge in [-0.1, -0.05) is 36.4 Å². The summed E-state index contributed by atoms with van der Waals surface area (Å²) in [6.45, 7) is 3.08. The van der Waals surface area contributed by atoms with Crippen molar-refractivity contribution < 1.29 is 0 Å². The first-order valence-corrected chi connectivity index (χ1v) is 8.10. The van der Waals surface area contributed by atoms with E-state index in [1.54, 1.807) is 0 Å². The number of rotatable bonds is 3. The molecule has 2 atom stereocenters. The van der Waals surface area contributed by atoms with Crippen LogP contribution < -0.4 is 0 Å². The number of benzene rings is 1. The van der Waals surface area contributed by atoms with E-state index < -0.39 is 0 Å². The van der Waals surface area contributed by atoms with Crippen LogP contribution in [0.25, 0.3) is 5.57 Å². The maximum atomic E-state index is 4.60. The van der Waals surface area contributed by atoms with Gasteiger partial charge in [0.1, 0.15) is 0 Å². The van der Waals surface area contributed by atoms with E-state index in [4.69, 9.17) is 0 Å². The Morgan fingerprint density at radius 1 is 1.14 bits per heavy atom. The average Bonchev–Trinajstić information content (AvgIpc) is 2.78. The molecule has 0 spiro atoms. The van der Waals surface area contributed by atoms with Crippen molar-refractivity contribution in [3.63, 3.8) is 0 Å². The van der Waals surface area contributed by atoms with Crippen molar-refractivity contribution in [3.05, 3.63) is 65.8 Å². The van der Waals surface area contributed by atoms with Crippen LogP contribution in [0.3, 0.4) is 0 Å². The van der Waals surface area contributed by atoms with Crippen LogP contribution in [0.4, 0.5) is 0 Å². The highest BCUT2D eigenvalue weighted by atomic mass is 15.2. The van der Waals surface area contributed by atoms with E-state index in [0.717, 1.165) is 24.5 Å². The number of hydrogen-bond acceptors (Lipinski definition) is 3. The van der Waals surface area contributed by atoms with Crippen LogP contribution >= 0.6 is 0 Å². The van der Waals surface area contributed by atoms with Gasteiger partial charge in [-0.3, -0.25) is 4.90 Å². The lowest BCUT2D eigenvalue weighted by atomic mass is 9.99. The van der Waals surface area contributed by atoms with Crippen molar-refractivity contribution in [2.45, 2.75) is 44.8 Å². The Bertz CT molecular complexity index is 693. The first-order valence-electron chi connectivity index (χ1n) is 8.10. The van der Waals surface area contributed by atoms with Crippen molar-refractivity contribution in [1.29, 1.82) is 0 Å². The monoisotopic (exact) mass is 291 g/mol. The highest BCUT2D eigenvalue weighted by Crippen LogP contribution is 2.38. The van der Waals surface area contributed by atoms with Crippen molar-refractivity contribution in [2.75, 3.05) is 0 Å². The van der Waals surface area contributed by atoms with Gasteiger partial charge in [0, 0.05) is 30.5 Å². The normalized spacial score (nSPS) is 24.3. The molecule has 1 aromatic carbocycles. The molecule has 1 saturated heterocycles. The fourth-order valence-corrected chi connectivity index (χ4v) is 3.73. The van der Waals surface area contributed by atoms with Crippen molar-refractivity contribution in [3.8, 4) is 0 Å². The van der Waals surface area contributed by atoms with Gasteiger partial charge in [0.05, 0.1) is 0 Å². The molecule has 3 heterocycles. The van der Waals surface area contributed by atoms with E-state index in [0.29, 0.717) is 12.1 Å². The van der Waals surface area contributed by atoms with Crippen molar-refractivity contribution >= 4 is 5.57 Å². The minimum Gasteiger partial charge on any atom is -0.289 e. The van der Waals surface area contributed by atoms with Crippen LogP contribution in [0.1, 0.15) is 36.3 Å². The fourth-order valence-electron chi connectivity index (χ4n) is 3.73. The van der Waals surface area contributed by atoms with Gasteiger partial charge in [-0.05, 0) is 43.4 Å². The number of fused-ring (bicyclic) bond motifs is 2. The lowest BCUT2D eigenvalue weighted by Crippen LogP contribution is -2.37. The number of aromatic nitrogens is 2. The summed E-state index contributed by atoms with van der Waals surface area (Å²) < 4.78 is 0. The van der Waals surface area contributed by atoms with Crippen LogP contribution in [0.5, 0.6) is 0 Å². The lowest BCUT2D eigenvalue weighted by Gasteiger charge is -2.33. The summed E-state index contributed by atoms with van der Waals surface area (Å²) in [5.41, 5.74) is 3.79. The maximum Gasteiger partial charge on any atom is 0.155 e. The van der Waals surface area contributed by atoms with Gasteiger partial charge in [0.2, 0.25) is 0 Å². The molecule has 0 N–H and O–H groups in total. The molecule has 22 heavy (non-hydrogen) atoms. The second kappa shape index (κ2) is 5.65. The third kappa shape index (κ3) is 2.57. The highest BCUT2D eigenvalue weighted by molar-refractivity contribution is 5.62. The Balaban J connectivity index is 1.57. The van der Waals surface area contributed by atoms with Crippen molar-refractivity contribution in [1.82, 2.24) is 14.9 Å². The van der Waals surface area contributed by atoms with Gasteiger partial charge < -0.3 is 0 Å². The molecule has 2 aliphatic heterocycles. The van der Waals surface area contributed by atoms with Gasteiger partial charge in [0.25, 0.3) is 0 Å². The van der Waals surface area contributed by atoms with Gasteiger partial charge in [-0.25, -0.2) is 9.97 Å². The molecule has 0 radical (unpaired) electrons. The minimum absolute atomic E-state index is 0.540. The van der Waals surface area contributed by atoms with E-state index >= 15 is 0 Å². The summed E-state index contributed by atoms with van der Waals surface area (Å²) in [5, 5.41) is 0. The Morgan fingerprint density at radius 3 is 2.77 bits per heavy atom. The van der Waals surface area contributed by atoms with Gasteiger partial charge in [-0.2, -0.15) is 0 Å². The van der Waals surface area contributed by atoms with E-state index in [9.17, 15) is 0 Å². The van der Waals surface area contributed by atoms with Crippen LogP contribution in [0.15, 0.2) is 48.7 Å². The molecule has 2 unspecified atom stereocenters. The Hall–Kier alpha value is -2.00. The third-order valence-electron chi connectivity index (χ3n) is 4.83. The number of hydrogen-bond donors (Lipinski definition) is 0. The lowest BCUT2D eigenvalue weighted by molar-refractivity contribution is 0.203. The Kier molecular flexibility index (Phi) is 3.51. The fraction of sp³-hybridized carbons (Fsp3) is 0.368. The summed E-state index contributed by atoms with van der Waals surface area (Å²) in [5.74, 6) is 0.927. The SMILES string of the molecule is Cc1ccnc(C2=CC3CCC(C2)N3Cc2ccccc2)n1. The molecule has 2 aromatic rings. The number of aryl methyl sites for hydroxylation is 1. The first kappa shape index (κ1) is 13.6. The van der Waals surface area contributed by atoms with Crippen LogP contribution in [0, 0.1) is 6.92 Å². The highest BCUT2D eigenvalue weighted by Gasteiger charge is 2.37. The van der Waals surface area contributed by atoms with Crippen LogP contribution in [-0.2, 0) is 6.54 Å². The second-order valence-electron chi connectivity index (χ2n) is 6.37. The second-order valence-corrected chi connectivity index (χ2v) is 6.37. The standard InChI is InChI=1S/C19H21N3/c1-14-9-10-20-19(21-14)16-11-17-7-8-18(12-16)22(17)13-15-5-3-2-4-6-15/h2-6,9-11,17-18H,7-8,12-13H2,1H3. The maximum absolute atomic E-state index is 4.60. The largest absolute Gasteiger partial charge is 0.289 e. The van der Waals surface area contributed by atoms with E-state index in [1.165, 1.54) is 24.0 Å². The summed E-state index contributed by atoms with van der Waals surface area (Å²) in [6, 6.07) is 13.9. The molecule has 1 aromatic heterocycles. The molecular weight excluding hydrogens is 270 g/mol. The zero-order valence-corrected chi connectivity index (χ0v) is 12.9. The summed E-state index contributed by atoms with van der Waals surface area (Å²) in [6.07, 6.45) is 7.89. The van der Waals surface area contributed by atoms with Gasteiger partial charge in [0.15, 0.2) is 5.82 Å². The molecule has 2 bridgehead atoms. The minimum atomic E-state index is 0.540. The van der Waals surface area contributed by atoms with E-state index in [2.05, 4.69) is 51.3 Å². The summed E-state index contributed by atoms with van der Waals surface area (Å²) in [7, 11) is 0. The molecule has 3 nitrogen and oxygen atoms in total. The smallest absolute Gasteiger partial charge is 0.155 e. The van der Waals surface area contributed by atoms with E-state index in [1.807, 2.05) is 19.2 Å². The Morgan fingerprint density at radius 2 is 2.00 bits per heavy atom. The average molecular weight is 291 g/mol. The van der Waals surface area contributed by atoms with Gasteiger partial charge in [-0.15, -0.1) is 0 Å². The first-order chi connectivity index (χ1) is 10.8. The molecule has 4 rings (SSSR count). The number of nitrogens with zero attached hydrogens (tertiary/aromatic N) is 3. The predicted molar refractivity (Wildman–Crippen MR) is 88.2 cm³/mol. The quantitative estimate of drug-likeness (QED) is 0.865. The topological polar surface area (TPSA) is 29.0 Å². The molecule has 2 aliphatic rings. The molecule has 3 heteroatoms. The third-order valence-corrected chi connectivity index (χ3v) is 4.83. The Labute approximate surface area is 131 Å². The summed E-state index contributed by atoms with van der Waals surface area (Å²) >= 11 is 0. The zero-order chi connectivity index (χ0) is 14.9. The van der Waals surface area contributed by atoms with Gasteiger partial charge >= 0.3 is 0 Å². The molecule has 0 aliphatic carbocycles. The molecule has 1 fully saturated rings. The van der Waals surface area contributed by atoms with Crippen LogP contribution in [-0.4, -0.2) is 27.0 Å². The van der Waals surface area contributed by atoms with Crippen LogP contribution in [0.2, 0.25) is 0 Å². The molecular formula is C19H21N3. The summed E-state index contributed by atoms with van der Waals surface area (Å²) in [4.78, 5) is 11.7. The zero-order valence-electron chi connectivity index (χ0n) is 12.9. The molecule has 0 amide bonds. The molecule has 112 valence electrons. The predicted octanol–water partition coefficient (Wildman–Crippen LogP) is 3.61.